The van der Waals surface area contributed by atoms with Gasteiger partial charge in [0.05, 0.1) is 0 Å². The third-order valence-corrected chi connectivity index (χ3v) is 5.40. The molecule has 2 fully saturated rings. The lowest BCUT2D eigenvalue weighted by Crippen LogP contribution is -2.43. The molecule has 1 amide bonds. The predicted octanol–water partition coefficient (Wildman–Crippen LogP) is 2.18. The van der Waals surface area contributed by atoms with Crippen LogP contribution in [-0.2, 0) is 9.53 Å². The van der Waals surface area contributed by atoms with Crippen molar-refractivity contribution in [1.82, 2.24) is 4.90 Å². The Bertz CT molecular complexity index is 624. The minimum absolute atomic E-state index is 0.0216. The SMILES string of the molecule is CC1N(C(=O)c2cccc(OCC(=O)O)c2)CCC12CCOCC2. The van der Waals surface area contributed by atoms with Crippen molar-refractivity contribution in [2.24, 2.45) is 5.41 Å². The predicted molar refractivity (Wildman–Crippen MR) is 87.2 cm³/mol. The minimum atomic E-state index is -1.04. The molecule has 0 radical (unpaired) electrons. The first-order valence-corrected chi connectivity index (χ1v) is 8.35. The zero-order valence-electron chi connectivity index (χ0n) is 13.9. The van der Waals surface area contributed by atoms with E-state index < -0.39 is 12.6 Å². The first kappa shape index (κ1) is 16.8. The summed E-state index contributed by atoms with van der Waals surface area (Å²) in [5, 5.41) is 8.69. The van der Waals surface area contributed by atoms with Crippen LogP contribution in [0.25, 0.3) is 0 Å². The number of rotatable bonds is 4. The molecule has 0 aromatic heterocycles. The Morgan fingerprint density at radius 1 is 1.33 bits per heavy atom. The number of hydrogen-bond donors (Lipinski definition) is 1. The van der Waals surface area contributed by atoms with Crippen LogP contribution in [0.4, 0.5) is 0 Å². The molecule has 6 heteroatoms. The second-order valence-electron chi connectivity index (χ2n) is 6.61. The summed E-state index contributed by atoms with van der Waals surface area (Å²) in [6.07, 6.45) is 3.01. The molecule has 0 bridgehead atoms. The molecule has 2 aliphatic heterocycles. The van der Waals surface area contributed by atoms with Crippen molar-refractivity contribution >= 4 is 11.9 Å². The van der Waals surface area contributed by atoms with Crippen molar-refractivity contribution in [3.8, 4) is 5.75 Å². The van der Waals surface area contributed by atoms with Crippen molar-refractivity contribution in [2.75, 3.05) is 26.4 Å². The molecular formula is C18H23NO5. The van der Waals surface area contributed by atoms with E-state index in [0.29, 0.717) is 11.3 Å². The average molecular weight is 333 g/mol. The van der Waals surface area contributed by atoms with E-state index in [-0.39, 0.29) is 17.4 Å². The number of likely N-dealkylation sites (tertiary alicyclic amines) is 1. The van der Waals surface area contributed by atoms with Gasteiger partial charge in [-0.2, -0.15) is 0 Å². The lowest BCUT2D eigenvalue weighted by Gasteiger charge is -2.38. The van der Waals surface area contributed by atoms with Gasteiger partial charge in [-0.25, -0.2) is 4.79 Å². The molecule has 0 aliphatic carbocycles. The van der Waals surface area contributed by atoms with Crippen LogP contribution in [0.2, 0.25) is 0 Å². The molecule has 1 N–H and O–H groups in total. The second-order valence-corrected chi connectivity index (χ2v) is 6.61. The van der Waals surface area contributed by atoms with Gasteiger partial charge in [0.15, 0.2) is 6.61 Å². The van der Waals surface area contributed by atoms with E-state index in [4.69, 9.17) is 14.6 Å². The zero-order valence-corrected chi connectivity index (χ0v) is 13.9. The van der Waals surface area contributed by atoms with Crippen LogP contribution in [0.5, 0.6) is 5.75 Å². The molecule has 130 valence electrons. The number of nitrogens with zero attached hydrogens (tertiary/aromatic N) is 1. The van der Waals surface area contributed by atoms with Gasteiger partial charge in [0.2, 0.25) is 0 Å². The quantitative estimate of drug-likeness (QED) is 0.914. The molecule has 1 unspecified atom stereocenters. The Balaban J connectivity index is 1.72. The highest BCUT2D eigenvalue weighted by Gasteiger charge is 2.47. The highest BCUT2D eigenvalue weighted by molar-refractivity contribution is 5.95. The summed E-state index contributed by atoms with van der Waals surface area (Å²) in [7, 11) is 0. The van der Waals surface area contributed by atoms with Crippen LogP contribution in [-0.4, -0.2) is 54.3 Å². The fourth-order valence-electron chi connectivity index (χ4n) is 3.83. The fraction of sp³-hybridized carbons (Fsp3) is 0.556. The third kappa shape index (κ3) is 3.24. The number of carbonyl (C=O) groups is 2. The topological polar surface area (TPSA) is 76.1 Å². The average Bonchev–Trinajstić information content (AvgIpc) is 2.90. The summed E-state index contributed by atoms with van der Waals surface area (Å²) < 4.78 is 10.6. The number of benzene rings is 1. The van der Waals surface area contributed by atoms with Gasteiger partial charge in [-0.05, 0) is 49.8 Å². The second kappa shape index (κ2) is 6.81. The van der Waals surface area contributed by atoms with E-state index in [1.54, 1.807) is 24.3 Å². The molecule has 2 aliphatic rings. The van der Waals surface area contributed by atoms with Gasteiger partial charge in [-0.1, -0.05) is 6.07 Å². The Morgan fingerprint density at radius 2 is 2.08 bits per heavy atom. The zero-order chi connectivity index (χ0) is 17.2. The van der Waals surface area contributed by atoms with Gasteiger partial charge < -0.3 is 19.5 Å². The lowest BCUT2D eigenvalue weighted by atomic mass is 9.74. The number of amides is 1. The maximum Gasteiger partial charge on any atom is 0.341 e. The third-order valence-electron chi connectivity index (χ3n) is 5.40. The van der Waals surface area contributed by atoms with Crippen molar-refractivity contribution in [3.63, 3.8) is 0 Å². The highest BCUT2D eigenvalue weighted by atomic mass is 16.5. The maximum absolute atomic E-state index is 12.9. The molecule has 0 saturated carbocycles. The summed E-state index contributed by atoms with van der Waals surface area (Å²) in [5.41, 5.74) is 0.708. The Labute approximate surface area is 141 Å². The lowest BCUT2D eigenvalue weighted by molar-refractivity contribution is -0.139. The van der Waals surface area contributed by atoms with Crippen molar-refractivity contribution in [3.05, 3.63) is 29.8 Å². The molecule has 1 aromatic carbocycles. The maximum atomic E-state index is 12.9. The van der Waals surface area contributed by atoms with Gasteiger partial charge in [-0.3, -0.25) is 4.79 Å². The molecule has 6 nitrogen and oxygen atoms in total. The van der Waals surface area contributed by atoms with E-state index in [1.165, 1.54) is 0 Å². The van der Waals surface area contributed by atoms with Crippen LogP contribution >= 0.6 is 0 Å². The number of ether oxygens (including phenoxy) is 2. The van der Waals surface area contributed by atoms with E-state index >= 15 is 0 Å². The van der Waals surface area contributed by atoms with Crippen LogP contribution in [0.15, 0.2) is 24.3 Å². The summed E-state index contributed by atoms with van der Waals surface area (Å²) in [6.45, 7) is 4.00. The van der Waals surface area contributed by atoms with Gasteiger partial charge in [0.25, 0.3) is 5.91 Å². The van der Waals surface area contributed by atoms with Crippen molar-refractivity contribution in [1.29, 1.82) is 0 Å². The van der Waals surface area contributed by atoms with Crippen LogP contribution in [0.1, 0.15) is 36.5 Å². The Morgan fingerprint density at radius 3 is 2.79 bits per heavy atom. The van der Waals surface area contributed by atoms with Crippen LogP contribution < -0.4 is 4.74 Å². The summed E-state index contributed by atoms with van der Waals surface area (Å²) in [6, 6.07) is 6.92. The Hall–Kier alpha value is -2.08. The fourth-order valence-corrected chi connectivity index (χ4v) is 3.83. The number of carboxylic acid groups (broad SMARTS) is 1. The molecule has 3 rings (SSSR count). The Kier molecular flexibility index (Phi) is 4.76. The number of carboxylic acids is 1. The van der Waals surface area contributed by atoms with Gasteiger partial charge in [0, 0.05) is 31.4 Å². The largest absolute Gasteiger partial charge is 0.482 e. The van der Waals surface area contributed by atoms with Crippen LogP contribution in [0, 0.1) is 5.41 Å². The standard InChI is InChI=1S/C18H23NO5/c1-13-18(6-9-23-10-7-18)5-8-19(13)17(22)14-3-2-4-15(11-14)24-12-16(20)21/h2-4,11,13H,5-10,12H2,1H3,(H,20,21). The molecule has 24 heavy (non-hydrogen) atoms. The summed E-state index contributed by atoms with van der Waals surface area (Å²) in [4.78, 5) is 25.4. The van der Waals surface area contributed by atoms with Gasteiger partial charge >= 0.3 is 5.97 Å². The molecule has 1 atom stereocenters. The monoisotopic (exact) mass is 333 g/mol. The molecular weight excluding hydrogens is 310 g/mol. The number of hydrogen-bond acceptors (Lipinski definition) is 4. The van der Waals surface area contributed by atoms with Crippen molar-refractivity contribution in [2.45, 2.75) is 32.2 Å². The first-order valence-electron chi connectivity index (χ1n) is 8.35. The van der Waals surface area contributed by atoms with E-state index in [1.807, 2.05) is 4.90 Å². The summed E-state index contributed by atoms with van der Waals surface area (Å²) in [5.74, 6) is -0.663. The number of carbonyl (C=O) groups excluding carboxylic acids is 1. The van der Waals surface area contributed by atoms with E-state index in [9.17, 15) is 9.59 Å². The molecule has 1 spiro atoms. The number of aliphatic carboxylic acids is 1. The smallest absolute Gasteiger partial charge is 0.341 e. The normalized spacial score (nSPS) is 22.5. The summed E-state index contributed by atoms with van der Waals surface area (Å²) >= 11 is 0. The van der Waals surface area contributed by atoms with E-state index in [2.05, 4.69) is 6.92 Å². The molecule has 2 heterocycles. The first-order chi connectivity index (χ1) is 11.5. The molecule has 1 aromatic rings. The van der Waals surface area contributed by atoms with Gasteiger partial charge in [-0.15, -0.1) is 0 Å². The van der Waals surface area contributed by atoms with Crippen molar-refractivity contribution < 1.29 is 24.2 Å². The van der Waals surface area contributed by atoms with E-state index in [0.717, 1.165) is 39.0 Å². The van der Waals surface area contributed by atoms with Gasteiger partial charge in [0.1, 0.15) is 5.75 Å². The van der Waals surface area contributed by atoms with Crippen LogP contribution in [0.3, 0.4) is 0 Å². The minimum Gasteiger partial charge on any atom is -0.482 e. The highest BCUT2D eigenvalue weighted by Crippen LogP contribution is 2.45. The molecule has 2 saturated heterocycles.